The highest BCUT2D eigenvalue weighted by Crippen LogP contribution is 2.12. The van der Waals surface area contributed by atoms with E-state index in [1.165, 1.54) is 0 Å². The lowest BCUT2D eigenvalue weighted by molar-refractivity contribution is -0.131. The number of hydrogen-bond acceptors (Lipinski definition) is 3. The summed E-state index contributed by atoms with van der Waals surface area (Å²) in [5.74, 6) is -0.904. The first-order valence-electron chi connectivity index (χ1n) is 4.41. The summed E-state index contributed by atoms with van der Waals surface area (Å²) >= 11 is 0. The van der Waals surface area contributed by atoms with Crippen LogP contribution in [0, 0.1) is 0 Å². The fourth-order valence-corrected chi connectivity index (χ4v) is 1.40. The molecule has 4 nitrogen and oxygen atoms in total. The van der Waals surface area contributed by atoms with Crippen LogP contribution in [0.3, 0.4) is 0 Å². The summed E-state index contributed by atoms with van der Waals surface area (Å²) in [5, 5.41) is 8.42. The second-order valence-corrected chi connectivity index (χ2v) is 3.16. The van der Waals surface area contributed by atoms with Crippen molar-refractivity contribution in [1.29, 1.82) is 0 Å². The Morgan fingerprint density at radius 3 is 2.69 bits per heavy atom. The second kappa shape index (κ2) is 4.87. The Morgan fingerprint density at radius 2 is 2.15 bits per heavy atom. The van der Waals surface area contributed by atoms with Crippen LogP contribution in [0.2, 0.25) is 0 Å². The van der Waals surface area contributed by atoms with Crippen molar-refractivity contribution in [1.82, 2.24) is 4.90 Å². The Kier molecular flexibility index (Phi) is 3.76. The third-order valence-corrected chi connectivity index (χ3v) is 2.22. The fourth-order valence-electron chi connectivity index (χ4n) is 1.40. The molecule has 1 aliphatic heterocycles. The lowest BCUT2D eigenvalue weighted by Crippen LogP contribution is -2.33. The average molecular weight is 185 g/mol. The SMILES string of the molecule is CN(/C=C/C(=O)O)C1CCOCC1. The summed E-state index contributed by atoms with van der Waals surface area (Å²) in [6.45, 7) is 1.55. The second-order valence-electron chi connectivity index (χ2n) is 3.16. The summed E-state index contributed by atoms with van der Waals surface area (Å²) < 4.78 is 5.21. The largest absolute Gasteiger partial charge is 0.478 e. The van der Waals surface area contributed by atoms with Crippen LogP contribution in [-0.4, -0.2) is 42.3 Å². The summed E-state index contributed by atoms with van der Waals surface area (Å²) in [4.78, 5) is 12.2. The van der Waals surface area contributed by atoms with Crippen molar-refractivity contribution >= 4 is 5.97 Å². The van der Waals surface area contributed by atoms with Crippen LogP contribution < -0.4 is 0 Å². The number of aliphatic carboxylic acids is 1. The quantitative estimate of drug-likeness (QED) is 0.657. The summed E-state index contributed by atoms with van der Waals surface area (Å²) in [7, 11) is 1.90. The van der Waals surface area contributed by atoms with Gasteiger partial charge in [-0.1, -0.05) is 0 Å². The molecule has 0 aromatic carbocycles. The molecule has 1 rings (SSSR count). The molecule has 1 heterocycles. The highest BCUT2D eigenvalue weighted by Gasteiger charge is 2.15. The van der Waals surface area contributed by atoms with Gasteiger partial charge >= 0.3 is 5.97 Å². The topological polar surface area (TPSA) is 49.8 Å². The standard InChI is InChI=1S/C9H15NO3/c1-10(5-2-9(11)12)8-3-6-13-7-4-8/h2,5,8H,3-4,6-7H2,1H3,(H,11,12)/b5-2+. The maximum atomic E-state index is 10.2. The van der Waals surface area contributed by atoms with Crippen molar-refractivity contribution < 1.29 is 14.6 Å². The van der Waals surface area contributed by atoms with E-state index in [9.17, 15) is 4.79 Å². The molecule has 13 heavy (non-hydrogen) atoms. The summed E-state index contributed by atoms with van der Waals surface area (Å²) in [6.07, 6.45) is 4.72. The first-order valence-corrected chi connectivity index (χ1v) is 4.41. The van der Waals surface area contributed by atoms with Gasteiger partial charge in [-0.05, 0) is 12.8 Å². The molecule has 0 saturated carbocycles. The molecule has 0 spiro atoms. The third-order valence-electron chi connectivity index (χ3n) is 2.22. The van der Waals surface area contributed by atoms with Gasteiger partial charge in [-0.3, -0.25) is 0 Å². The van der Waals surface area contributed by atoms with Crippen LogP contribution in [0.1, 0.15) is 12.8 Å². The highest BCUT2D eigenvalue weighted by atomic mass is 16.5. The zero-order valence-electron chi connectivity index (χ0n) is 7.77. The fraction of sp³-hybridized carbons (Fsp3) is 0.667. The van der Waals surface area contributed by atoms with E-state index in [4.69, 9.17) is 9.84 Å². The number of carbonyl (C=O) groups is 1. The van der Waals surface area contributed by atoms with E-state index in [-0.39, 0.29) is 0 Å². The van der Waals surface area contributed by atoms with Gasteiger partial charge < -0.3 is 14.7 Å². The zero-order valence-corrected chi connectivity index (χ0v) is 7.77. The van der Waals surface area contributed by atoms with E-state index in [1.807, 2.05) is 11.9 Å². The van der Waals surface area contributed by atoms with Crippen molar-refractivity contribution in [3.8, 4) is 0 Å². The van der Waals surface area contributed by atoms with Gasteiger partial charge in [0.15, 0.2) is 0 Å². The van der Waals surface area contributed by atoms with Gasteiger partial charge in [0.25, 0.3) is 0 Å². The van der Waals surface area contributed by atoms with Gasteiger partial charge in [0.2, 0.25) is 0 Å². The molecule has 74 valence electrons. The predicted molar refractivity (Wildman–Crippen MR) is 48.4 cm³/mol. The summed E-state index contributed by atoms with van der Waals surface area (Å²) in [6, 6.07) is 0.421. The number of carboxylic acid groups (broad SMARTS) is 1. The maximum absolute atomic E-state index is 10.2. The van der Waals surface area contributed by atoms with Crippen LogP contribution >= 0.6 is 0 Å². The van der Waals surface area contributed by atoms with Crippen molar-refractivity contribution in [2.45, 2.75) is 18.9 Å². The van der Waals surface area contributed by atoms with Crippen LogP contribution in [0.15, 0.2) is 12.3 Å². The summed E-state index contributed by atoms with van der Waals surface area (Å²) in [5.41, 5.74) is 0. The minimum atomic E-state index is -0.904. The van der Waals surface area contributed by atoms with E-state index in [1.54, 1.807) is 6.20 Å². The molecule has 0 aromatic rings. The van der Waals surface area contributed by atoms with Gasteiger partial charge in [0.1, 0.15) is 0 Å². The molecule has 4 heteroatoms. The molecule has 1 saturated heterocycles. The molecule has 0 bridgehead atoms. The van der Waals surface area contributed by atoms with Crippen LogP contribution in [0.4, 0.5) is 0 Å². The molecule has 0 amide bonds. The molecule has 1 fully saturated rings. The normalized spacial score (nSPS) is 19.2. The highest BCUT2D eigenvalue weighted by molar-refractivity contribution is 5.79. The van der Waals surface area contributed by atoms with Crippen LogP contribution in [-0.2, 0) is 9.53 Å². The van der Waals surface area contributed by atoms with Crippen molar-refractivity contribution in [2.24, 2.45) is 0 Å². The average Bonchev–Trinajstić information content (AvgIpc) is 2.15. The molecule has 1 aliphatic rings. The Labute approximate surface area is 77.8 Å². The minimum absolute atomic E-state index is 0.421. The number of hydrogen-bond donors (Lipinski definition) is 1. The molecule has 0 aliphatic carbocycles. The minimum Gasteiger partial charge on any atom is -0.478 e. The number of nitrogens with zero attached hydrogens (tertiary/aromatic N) is 1. The smallest absolute Gasteiger partial charge is 0.329 e. The number of ether oxygens (including phenoxy) is 1. The first-order chi connectivity index (χ1) is 6.20. The van der Waals surface area contributed by atoms with Gasteiger partial charge in [-0.15, -0.1) is 0 Å². The molecule has 0 aromatic heterocycles. The lowest BCUT2D eigenvalue weighted by Gasteiger charge is -2.29. The van der Waals surface area contributed by atoms with Crippen molar-refractivity contribution in [3.63, 3.8) is 0 Å². The van der Waals surface area contributed by atoms with Crippen LogP contribution in [0.25, 0.3) is 0 Å². The van der Waals surface area contributed by atoms with Crippen molar-refractivity contribution in [2.75, 3.05) is 20.3 Å². The molecule has 0 unspecified atom stereocenters. The molecular weight excluding hydrogens is 170 g/mol. The first kappa shape index (κ1) is 10.1. The van der Waals surface area contributed by atoms with Gasteiger partial charge in [0.05, 0.1) is 0 Å². The molecule has 0 radical (unpaired) electrons. The van der Waals surface area contributed by atoms with E-state index in [0.717, 1.165) is 32.1 Å². The molecule has 0 atom stereocenters. The van der Waals surface area contributed by atoms with Crippen LogP contribution in [0.5, 0.6) is 0 Å². The zero-order chi connectivity index (χ0) is 9.68. The maximum Gasteiger partial charge on any atom is 0.329 e. The Bertz CT molecular complexity index is 197. The van der Waals surface area contributed by atoms with Gasteiger partial charge in [-0.2, -0.15) is 0 Å². The Morgan fingerprint density at radius 1 is 1.54 bits per heavy atom. The Balaban J connectivity index is 2.36. The lowest BCUT2D eigenvalue weighted by atomic mass is 10.1. The van der Waals surface area contributed by atoms with E-state index < -0.39 is 5.97 Å². The number of carboxylic acids is 1. The van der Waals surface area contributed by atoms with E-state index >= 15 is 0 Å². The molecule has 1 N–H and O–H groups in total. The van der Waals surface area contributed by atoms with Crippen molar-refractivity contribution in [3.05, 3.63) is 12.3 Å². The van der Waals surface area contributed by atoms with Gasteiger partial charge in [-0.25, -0.2) is 4.79 Å². The molecular formula is C9H15NO3. The van der Waals surface area contributed by atoms with Gasteiger partial charge in [0, 0.05) is 38.6 Å². The number of rotatable bonds is 3. The third kappa shape index (κ3) is 3.46. The predicted octanol–water partition coefficient (Wildman–Crippen LogP) is 0.696. The van der Waals surface area contributed by atoms with E-state index in [0.29, 0.717) is 6.04 Å². The van der Waals surface area contributed by atoms with E-state index in [2.05, 4.69) is 0 Å². The Hall–Kier alpha value is -1.03. The monoisotopic (exact) mass is 185 g/mol.